The fourth-order valence-corrected chi connectivity index (χ4v) is 2.91. The number of rotatable bonds is 5. The third-order valence-electron chi connectivity index (χ3n) is 4.39. The number of para-hydroxylation sites is 1. The van der Waals surface area contributed by atoms with Gasteiger partial charge in [0.05, 0.1) is 18.4 Å². The Balaban J connectivity index is 1.45. The highest BCUT2D eigenvalue weighted by Crippen LogP contribution is 2.32. The number of ether oxygens (including phenoxy) is 3. The lowest BCUT2D eigenvalue weighted by Gasteiger charge is -2.11. The molecule has 29 heavy (non-hydrogen) atoms. The fourth-order valence-electron chi connectivity index (χ4n) is 2.91. The van der Waals surface area contributed by atoms with Crippen molar-refractivity contribution in [3.05, 3.63) is 77.9 Å². The lowest BCUT2D eigenvalue weighted by molar-refractivity contribution is 0.0601. The van der Waals surface area contributed by atoms with Crippen molar-refractivity contribution in [2.75, 3.05) is 24.5 Å². The van der Waals surface area contributed by atoms with Crippen LogP contribution in [0.15, 0.2) is 66.7 Å². The second kappa shape index (κ2) is 7.93. The second-order valence-electron chi connectivity index (χ2n) is 6.26. The fraction of sp³-hybridized carbons (Fsp3) is 0.0909. The van der Waals surface area contributed by atoms with Crippen LogP contribution >= 0.6 is 0 Å². The molecule has 0 bridgehead atoms. The molecule has 1 aliphatic rings. The van der Waals surface area contributed by atoms with Crippen LogP contribution in [0.3, 0.4) is 0 Å². The van der Waals surface area contributed by atoms with Gasteiger partial charge in [0, 0.05) is 16.9 Å². The summed E-state index contributed by atoms with van der Waals surface area (Å²) in [5.41, 5.74) is 2.96. The SMILES string of the molecule is COC(=O)c1ccccc1Nc1ccc(NC(=O)c2ccc3c(c2)OCO3)cc1. The summed E-state index contributed by atoms with van der Waals surface area (Å²) in [5, 5.41) is 6.03. The molecule has 0 saturated heterocycles. The van der Waals surface area contributed by atoms with Gasteiger partial charge in [-0.1, -0.05) is 12.1 Å². The summed E-state index contributed by atoms with van der Waals surface area (Å²) in [6.07, 6.45) is 0. The van der Waals surface area contributed by atoms with E-state index < -0.39 is 5.97 Å². The summed E-state index contributed by atoms with van der Waals surface area (Å²) >= 11 is 0. The van der Waals surface area contributed by atoms with Crippen molar-refractivity contribution in [3.8, 4) is 11.5 Å². The molecule has 1 aliphatic heterocycles. The zero-order valence-corrected chi connectivity index (χ0v) is 15.6. The zero-order chi connectivity index (χ0) is 20.2. The number of hydrogen-bond acceptors (Lipinski definition) is 6. The van der Waals surface area contributed by atoms with Gasteiger partial charge in [-0.15, -0.1) is 0 Å². The minimum absolute atomic E-state index is 0.161. The van der Waals surface area contributed by atoms with Crippen molar-refractivity contribution in [2.24, 2.45) is 0 Å². The highest BCUT2D eigenvalue weighted by molar-refractivity contribution is 6.04. The maximum Gasteiger partial charge on any atom is 0.339 e. The molecule has 0 aliphatic carbocycles. The minimum Gasteiger partial charge on any atom is -0.465 e. The molecule has 0 saturated carbocycles. The van der Waals surface area contributed by atoms with Gasteiger partial charge in [-0.25, -0.2) is 4.79 Å². The molecule has 1 amide bonds. The molecule has 146 valence electrons. The number of hydrogen-bond donors (Lipinski definition) is 2. The molecular weight excluding hydrogens is 372 g/mol. The van der Waals surface area contributed by atoms with E-state index in [9.17, 15) is 9.59 Å². The van der Waals surface area contributed by atoms with Gasteiger partial charge in [-0.3, -0.25) is 4.79 Å². The molecule has 4 rings (SSSR count). The molecule has 0 unspecified atom stereocenters. The quantitative estimate of drug-likeness (QED) is 0.635. The summed E-state index contributed by atoms with van der Waals surface area (Å²) in [7, 11) is 1.34. The molecule has 2 N–H and O–H groups in total. The van der Waals surface area contributed by atoms with Gasteiger partial charge in [0.1, 0.15) is 0 Å². The Kier molecular flexibility index (Phi) is 5.03. The minimum atomic E-state index is -0.416. The Bertz CT molecular complexity index is 1060. The molecule has 3 aromatic carbocycles. The van der Waals surface area contributed by atoms with Gasteiger partial charge >= 0.3 is 5.97 Å². The lowest BCUT2D eigenvalue weighted by atomic mass is 10.1. The maximum absolute atomic E-state index is 12.5. The molecule has 7 heteroatoms. The Morgan fingerprint density at radius 2 is 1.62 bits per heavy atom. The first-order valence-electron chi connectivity index (χ1n) is 8.89. The van der Waals surface area contributed by atoms with E-state index in [2.05, 4.69) is 10.6 Å². The van der Waals surface area contributed by atoms with Gasteiger partial charge in [0.15, 0.2) is 11.5 Å². The molecular formula is C22H18N2O5. The van der Waals surface area contributed by atoms with E-state index in [0.29, 0.717) is 34.0 Å². The Labute approximate surface area is 167 Å². The topological polar surface area (TPSA) is 85.9 Å². The summed E-state index contributed by atoms with van der Waals surface area (Å²) in [6, 6.07) is 19.3. The number of methoxy groups -OCH3 is 1. The van der Waals surface area contributed by atoms with Crippen LogP contribution in [0.5, 0.6) is 11.5 Å². The molecule has 0 fully saturated rings. The van der Waals surface area contributed by atoms with E-state index in [1.165, 1.54) is 7.11 Å². The summed E-state index contributed by atoms with van der Waals surface area (Å²) in [5.74, 6) is 0.520. The third kappa shape index (κ3) is 3.98. The first kappa shape index (κ1) is 18.4. The van der Waals surface area contributed by atoms with Crippen molar-refractivity contribution in [1.29, 1.82) is 0 Å². The predicted molar refractivity (Wildman–Crippen MR) is 108 cm³/mol. The van der Waals surface area contributed by atoms with E-state index in [4.69, 9.17) is 14.2 Å². The number of esters is 1. The Morgan fingerprint density at radius 3 is 2.41 bits per heavy atom. The van der Waals surface area contributed by atoms with Crippen LogP contribution in [-0.2, 0) is 4.74 Å². The number of anilines is 3. The number of carbonyl (C=O) groups excluding carboxylic acids is 2. The van der Waals surface area contributed by atoms with E-state index >= 15 is 0 Å². The van der Waals surface area contributed by atoms with Crippen LogP contribution in [0.2, 0.25) is 0 Å². The summed E-state index contributed by atoms with van der Waals surface area (Å²) in [6.45, 7) is 0.161. The number of carbonyl (C=O) groups is 2. The van der Waals surface area contributed by atoms with Crippen molar-refractivity contribution in [1.82, 2.24) is 0 Å². The third-order valence-corrected chi connectivity index (χ3v) is 4.39. The predicted octanol–water partition coefficient (Wildman–Crippen LogP) is 4.20. The van der Waals surface area contributed by atoms with Gasteiger partial charge in [0.2, 0.25) is 6.79 Å². The number of benzene rings is 3. The van der Waals surface area contributed by atoms with Crippen LogP contribution < -0.4 is 20.1 Å². The normalized spacial score (nSPS) is 11.6. The van der Waals surface area contributed by atoms with Gasteiger partial charge in [-0.05, 0) is 54.6 Å². The highest BCUT2D eigenvalue weighted by Gasteiger charge is 2.16. The molecule has 3 aromatic rings. The lowest BCUT2D eigenvalue weighted by Crippen LogP contribution is -2.11. The number of nitrogens with one attached hydrogen (secondary N) is 2. The van der Waals surface area contributed by atoms with E-state index in [1.54, 1.807) is 48.5 Å². The van der Waals surface area contributed by atoms with Crippen LogP contribution in [0.25, 0.3) is 0 Å². The molecule has 0 radical (unpaired) electrons. The number of amides is 1. The standard InChI is InChI=1S/C22H18N2O5/c1-27-22(26)17-4-2-3-5-18(17)23-15-7-9-16(10-8-15)24-21(25)14-6-11-19-20(12-14)29-13-28-19/h2-12,23H,13H2,1H3,(H,24,25). The van der Waals surface area contributed by atoms with Crippen molar-refractivity contribution >= 4 is 28.9 Å². The first-order chi connectivity index (χ1) is 14.1. The van der Waals surface area contributed by atoms with Gasteiger partial charge in [0.25, 0.3) is 5.91 Å². The molecule has 0 aromatic heterocycles. The van der Waals surface area contributed by atoms with Crippen LogP contribution in [0.1, 0.15) is 20.7 Å². The molecule has 0 spiro atoms. The van der Waals surface area contributed by atoms with E-state index in [0.717, 1.165) is 5.69 Å². The maximum atomic E-state index is 12.5. The zero-order valence-electron chi connectivity index (χ0n) is 15.6. The van der Waals surface area contributed by atoms with E-state index in [1.807, 2.05) is 18.2 Å². The van der Waals surface area contributed by atoms with Crippen molar-refractivity contribution in [3.63, 3.8) is 0 Å². The van der Waals surface area contributed by atoms with Gasteiger partial charge < -0.3 is 24.8 Å². The van der Waals surface area contributed by atoms with Crippen molar-refractivity contribution in [2.45, 2.75) is 0 Å². The van der Waals surface area contributed by atoms with Crippen LogP contribution in [-0.4, -0.2) is 25.8 Å². The monoisotopic (exact) mass is 390 g/mol. The smallest absolute Gasteiger partial charge is 0.339 e. The van der Waals surface area contributed by atoms with Crippen LogP contribution in [0.4, 0.5) is 17.1 Å². The average molecular weight is 390 g/mol. The second-order valence-corrected chi connectivity index (χ2v) is 6.26. The molecule has 7 nitrogen and oxygen atoms in total. The van der Waals surface area contributed by atoms with Crippen LogP contribution in [0, 0.1) is 0 Å². The molecule has 0 atom stereocenters. The van der Waals surface area contributed by atoms with E-state index in [-0.39, 0.29) is 12.7 Å². The first-order valence-corrected chi connectivity index (χ1v) is 8.89. The summed E-state index contributed by atoms with van der Waals surface area (Å²) in [4.78, 5) is 24.3. The molecule has 1 heterocycles. The van der Waals surface area contributed by atoms with Gasteiger partial charge in [-0.2, -0.15) is 0 Å². The highest BCUT2D eigenvalue weighted by atomic mass is 16.7. The Morgan fingerprint density at radius 1 is 0.897 bits per heavy atom. The summed E-state index contributed by atoms with van der Waals surface area (Å²) < 4.78 is 15.4. The average Bonchev–Trinajstić information content (AvgIpc) is 3.23. The largest absolute Gasteiger partial charge is 0.465 e. The number of fused-ring (bicyclic) bond motifs is 1. The van der Waals surface area contributed by atoms with Crippen molar-refractivity contribution < 1.29 is 23.8 Å². The Hall–Kier alpha value is -4.00.